The average molecular weight is 428 g/mol. The number of likely N-dealkylation sites (tertiary alicyclic amines) is 1. The molecule has 4 rings (SSSR count). The maximum absolute atomic E-state index is 13.0. The van der Waals surface area contributed by atoms with E-state index in [1.54, 1.807) is 47.5 Å². The molecule has 0 bridgehead atoms. The maximum atomic E-state index is 13.0. The molecule has 2 amide bonds. The molecule has 1 aliphatic heterocycles. The molecule has 0 spiro atoms. The molecule has 162 valence electrons. The van der Waals surface area contributed by atoms with Crippen LogP contribution < -0.4 is 5.32 Å². The molecule has 2 heterocycles. The molecule has 0 atom stereocenters. The number of aryl methyl sites for hydroxylation is 1. The van der Waals surface area contributed by atoms with E-state index in [4.69, 9.17) is 0 Å². The number of nitrogens with zero attached hydrogens (tertiary/aromatic N) is 2. The minimum Gasteiger partial charge on any atom is -0.339 e. The van der Waals surface area contributed by atoms with E-state index < -0.39 is 0 Å². The fourth-order valence-corrected chi connectivity index (χ4v) is 3.91. The van der Waals surface area contributed by atoms with Crippen molar-refractivity contribution in [3.8, 4) is 0 Å². The largest absolute Gasteiger partial charge is 0.339 e. The Kier molecular flexibility index (Phi) is 6.40. The SMILES string of the molecule is Cc1ccc(C(=O)C2CCN(C(=O)c3cccc(NC(=O)c4cccnc4)c3)CC2)cc1. The highest BCUT2D eigenvalue weighted by molar-refractivity contribution is 6.05. The minimum atomic E-state index is -0.280. The van der Waals surface area contributed by atoms with Gasteiger partial charge < -0.3 is 10.2 Å². The van der Waals surface area contributed by atoms with Crippen LogP contribution in [-0.4, -0.2) is 40.6 Å². The van der Waals surface area contributed by atoms with Gasteiger partial charge in [-0.3, -0.25) is 19.4 Å². The van der Waals surface area contributed by atoms with Crippen LogP contribution in [0.4, 0.5) is 5.69 Å². The van der Waals surface area contributed by atoms with Gasteiger partial charge in [0.25, 0.3) is 11.8 Å². The smallest absolute Gasteiger partial charge is 0.257 e. The maximum Gasteiger partial charge on any atom is 0.257 e. The Hall–Kier alpha value is -3.80. The molecule has 2 aromatic carbocycles. The second-order valence-corrected chi connectivity index (χ2v) is 8.07. The van der Waals surface area contributed by atoms with Gasteiger partial charge in [0.2, 0.25) is 0 Å². The quantitative estimate of drug-likeness (QED) is 0.613. The average Bonchev–Trinajstić information content (AvgIpc) is 2.84. The Morgan fingerprint density at radius 3 is 2.31 bits per heavy atom. The highest BCUT2D eigenvalue weighted by atomic mass is 16.2. The molecule has 0 radical (unpaired) electrons. The highest BCUT2D eigenvalue weighted by Gasteiger charge is 2.28. The van der Waals surface area contributed by atoms with Gasteiger partial charge in [0.1, 0.15) is 0 Å². The second-order valence-electron chi connectivity index (χ2n) is 8.07. The summed E-state index contributed by atoms with van der Waals surface area (Å²) >= 11 is 0. The van der Waals surface area contributed by atoms with Gasteiger partial charge in [-0.05, 0) is 50.1 Å². The number of carbonyl (C=O) groups excluding carboxylic acids is 3. The number of rotatable bonds is 5. The van der Waals surface area contributed by atoms with E-state index >= 15 is 0 Å². The predicted octanol–water partition coefficient (Wildman–Crippen LogP) is 4.38. The number of Topliss-reactive ketones (excluding diaryl/α,β-unsaturated/α-hetero) is 1. The molecule has 1 aliphatic rings. The van der Waals surface area contributed by atoms with Crippen molar-refractivity contribution < 1.29 is 14.4 Å². The fourth-order valence-electron chi connectivity index (χ4n) is 3.91. The van der Waals surface area contributed by atoms with Crippen molar-refractivity contribution in [2.45, 2.75) is 19.8 Å². The molecule has 0 saturated carbocycles. The van der Waals surface area contributed by atoms with Crippen LogP contribution >= 0.6 is 0 Å². The molecule has 1 fully saturated rings. The van der Waals surface area contributed by atoms with Gasteiger partial charge in [0.15, 0.2) is 5.78 Å². The lowest BCUT2D eigenvalue weighted by atomic mass is 9.88. The summed E-state index contributed by atoms with van der Waals surface area (Å²) in [5.41, 5.74) is 3.37. The van der Waals surface area contributed by atoms with Crippen LogP contribution in [0.5, 0.6) is 0 Å². The lowest BCUT2D eigenvalue weighted by Gasteiger charge is -2.31. The zero-order valence-electron chi connectivity index (χ0n) is 18.0. The van der Waals surface area contributed by atoms with E-state index in [-0.39, 0.29) is 23.5 Å². The molecular weight excluding hydrogens is 402 g/mol. The first-order valence-corrected chi connectivity index (χ1v) is 10.7. The van der Waals surface area contributed by atoms with Crippen molar-refractivity contribution in [3.05, 3.63) is 95.3 Å². The van der Waals surface area contributed by atoms with E-state index in [0.717, 1.165) is 11.1 Å². The molecule has 6 heteroatoms. The van der Waals surface area contributed by atoms with Gasteiger partial charge in [0, 0.05) is 48.2 Å². The van der Waals surface area contributed by atoms with Gasteiger partial charge in [-0.2, -0.15) is 0 Å². The summed E-state index contributed by atoms with van der Waals surface area (Å²) in [7, 11) is 0. The third-order valence-electron chi connectivity index (χ3n) is 5.78. The van der Waals surface area contributed by atoms with Crippen LogP contribution in [0.3, 0.4) is 0 Å². The molecule has 6 nitrogen and oxygen atoms in total. The summed E-state index contributed by atoms with van der Waals surface area (Å²) < 4.78 is 0. The number of amides is 2. The first-order chi connectivity index (χ1) is 15.5. The number of pyridine rings is 1. The Balaban J connectivity index is 1.37. The molecule has 0 aliphatic carbocycles. The van der Waals surface area contributed by atoms with Gasteiger partial charge in [-0.1, -0.05) is 35.9 Å². The van der Waals surface area contributed by atoms with Crippen molar-refractivity contribution in [1.29, 1.82) is 0 Å². The van der Waals surface area contributed by atoms with Gasteiger partial charge >= 0.3 is 0 Å². The number of aromatic nitrogens is 1. The van der Waals surface area contributed by atoms with Gasteiger partial charge in [-0.25, -0.2) is 0 Å². The van der Waals surface area contributed by atoms with E-state index in [1.807, 2.05) is 31.2 Å². The Morgan fingerprint density at radius 1 is 0.906 bits per heavy atom. The number of anilines is 1. The topological polar surface area (TPSA) is 79.4 Å². The summed E-state index contributed by atoms with van der Waals surface area (Å²) in [6, 6.07) is 17.9. The lowest BCUT2D eigenvalue weighted by molar-refractivity contribution is 0.0650. The number of hydrogen-bond acceptors (Lipinski definition) is 4. The Morgan fingerprint density at radius 2 is 1.62 bits per heavy atom. The van der Waals surface area contributed by atoms with Crippen molar-refractivity contribution >= 4 is 23.3 Å². The predicted molar refractivity (Wildman–Crippen MR) is 123 cm³/mol. The number of ketones is 1. The van der Waals surface area contributed by atoms with Crippen LogP contribution in [0.25, 0.3) is 0 Å². The van der Waals surface area contributed by atoms with Crippen molar-refractivity contribution in [1.82, 2.24) is 9.88 Å². The third-order valence-corrected chi connectivity index (χ3v) is 5.78. The van der Waals surface area contributed by atoms with Crippen LogP contribution in [0, 0.1) is 12.8 Å². The van der Waals surface area contributed by atoms with Crippen LogP contribution in [0.1, 0.15) is 49.5 Å². The minimum absolute atomic E-state index is 0.0631. The first kappa shape index (κ1) is 21.4. The molecule has 1 aromatic heterocycles. The summed E-state index contributed by atoms with van der Waals surface area (Å²) in [4.78, 5) is 43.9. The van der Waals surface area contributed by atoms with E-state index in [9.17, 15) is 14.4 Å². The monoisotopic (exact) mass is 427 g/mol. The number of benzene rings is 2. The third kappa shape index (κ3) is 4.91. The molecular formula is C26H25N3O3. The molecule has 1 N–H and O–H groups in total. The second kappa shape index (κ2) is 9.56. The van der Waals surface area contributed by atoms with Gasteiger partial charge in [-0.15, -0.1) is 0 Å². The van der Waals surface area contributed by atoms with Crippen molar-refractivity contribution in [2.75, 3.05) is 18.4 Å². The molecule has 1 saturated heterocycles. The zero-order valence-corrected chi connectivity index (χ0v) is 18.0. The van der Waals surface area contributed by atoms with Gasteiger partial charge in [0.05, 0.1) is 5.56 Å². The fraction of sp³-hybridized carbons (Fsp3) is 0.231. The lowest BCUT2D eigenvalue weighted by Crippen LogP contribution is -2.40. The van der Waals surface area contributed by atoms with E-state index in [1.165, 1.54) is 6.20 Å². The normalized spacial score (nSPS) is 14.1. The standard InChI is InChI=1S/C26H25N3O3/c1-18-7-9-19(10-8-18)24(30)20-11-14-29(15-12-20)26(32)21-4-2-6-23(16-21)28-25(31)22-5-3-13-27-17-22/h2-10,13,16-17,20H,11-12,14-15H2,1H3,(H,28,31). The summed E-state index contributed by atoms with van der Waals surface area (Å²) in [5.74, 6) is -0.286. The van der Waals surface area contributed by atoms with Crippen LogP contribution in [-0.2, 0) is 0 Å². The number of hydrogen-bond donors (Lipinski definition) is 1. The number of nitrogens with one attached hydrogen (secondary N) is 1. The highest BCUT2D eigenvalue weighted by Crippen LogP contribution is 2.24. The van der Waals surface area contributed by atoms with Crippen molar-refractivity contribution in [3.63, 3.8) is 0 Å². The molecule has 0 unspecified atom stereocenters. The number of piperidine rings is 1. The number of carbonyl (C=O) groups is 3. The van der Waals surface area contributed by atoms with Crippen LogP contribution in [0.2, 0.25) is 0 Å². The van der Waals surface area contributed by atoms with E-state index in [2.05, 4.69) is 10.3 Å². The van der Waals surface area contributed by atoms with E-state index in [0.29, 0.717) is 42.7 Å². The zero-order chi connectivity index (χ0) is 22.5. The Labute approximate surface area is 187 Å². The van der Waals surface area contributed by atoms with Crippen molar-refractivity contribution in [2.24, 2.45) is 5.92 Å². The Bertz CT molecular complexity index is 1120. The molecule has 3 aromatic rings. The molecule has 32 heavy (non-hydrogen) atoms. The summed E-state index contributed by atoms with van der Waals surface area (Å²) in [6.07, 6.45) is 4.39. The first-order valence-electron chi connectivity index (χ1n) is 10.7. The summed E-state index contributed by atoms with van der Waals surface area (Å²) in [6.45, 7) is 3.07. The van der Waals surface area contributed by atoms with Crippen LogP contribution in [0.15, 0.2) is 73.1 Å². The summed E-state index contributed by atoms with van der Waals surface area (Å²) in [5, 5.41) is 2.81.